The molecule has 1 aromatic carbocycles. The first kappa shape index (κ1) is 17.8. The van der Waals surface area contributed by atoms with Gasteiger partial charge in [-0.15, -0.1) is 16.5 Å². The molecule has 0 aliphatic rings. The monoisotopic (exact) mass is 377 g/mol. The second-order valence-corrected chi connectivity index (χ2v) is 8.40. The van der Waals surface area contributed by atoms with Crippen LogP contribution in [0.3, 0.4) is 0 Å². The van der Waals surface area contributed by atoms with Gasteiger partial charge in [0, 0.05) is 27.0 Å². The van der Waals surface area contributed by atoms with Crippen molar-refractivity contribution in [1.82, 2.24) is 15.0 Å². The number of nitrogens with one attached hydrogen (secondary N) is 1. The lowest BCUT2D eigenvalue weighted by Crippen LogP contribution is -1.93. The molecule has 3 heterocycles. The van der Waals surface area contributed by atoms with Gasteiger partial charge in [0.05, 0.1) is 11.9 Å². The van der Waals surface area contributed by atoms with Crippen molar-refractivity contribution in [3.8, 4) is 0 Å². The van der Waals surface area contributed by atoms with E-state index in [0.717, 1.165) is 15.7 Å². The Hall–Kier alpha value is -2.60. The molecule has 0 saturated carbocycles. The van der Waals surface area contributed by atoms with Crippen molar-refractivity contribution < 1.29 is 0 Å². The molecular formula is C21H23N5S. The van der Waals surface area contributed by atoms with Crippen molar-refractivity contribution in [2.45, 2.75) is 46.1 Å². The van der Waals surface area contributed by atoms with Crippen LogP contribution in [-0.4, -0.2) is 15.0 Å². The minimum Gasteiger partial charge on any atom is -0.358 e. The normalized spacial score (nSPS) is 12.4. The fourth-order valence-corrected chi connectivity index (χ4v) is 4.28. The second kappa shape index (κ2) is 7.19. The van der Waals surface area contributed by atoms with E-state index >= 15 is 0 Å². The van der Waals surface area contributed by atoms with Gasteiger partial charge >= 0.3 is 0 Å². The van der Waals surface area contributed by atoms with E-state index in [2.05, 4.69) is 83.2 Å². The highest BCUT2D eigenvalue weighted by molar-refractivity contribution is 7.18. The number of azo groups is 1. The summed E-state index contributed by atoms with van der Waals surface area (Å²) in [5.41, 5.74) is 3.58. The standard InChI is InChI=1S/C21H23N5S/c1-12(2)18-9-15-20(22-11-23-21(15)27-18)26-24-10-16-14-7-5-6-8-17(14)25-19(16)13(3)4/h5-9,11-13,25H,10H2,1-4H3. The zero-order chi connectivity index (χ0) is 19.0. The van der Waals surface area contributed by atoms with E-state index in [0.29, 0.717) is 24.2 Å². The van der Waals surface area contributed by atoms with Gasteiger partial charge in [-0.05, 0) is 24.0 Å². The van der Waals surface area contributed by atoms with E-state index in [1.165, 1.54) is 21.5 Å². The molecule has 0 bridgehead atoms. The van der Waals surface area contributed by atoms with Crippen LogP contribution in [0.2, 0.25) is 0 Å². The predicted molar refractivity (Wildman–Crippen MR) is 112 cm³/mol. The van der Waals surface area contributed by atoms with Crippen LogP contribution in [0.25, 0.3) is 21.1 Å². The Bertz CT molecular complexity index is 1120. The number of hydrogen-bond acceptors (Lipinski definition) is 5. The maximum Gasteiger partial charge on any atom is 0.185 e. The molecule has 0 atom stereocenters. The van der Waals surface area contributed by atoms with Crippen molar-refractivity contribution in [2.24, 2.45) is 10.2 Å². The summed E-state index contributed by atoms with van der Waals surface area (Å²) in [6.07, 6.45) is 1.57. The molecule has 6 heteroatoms. The first-order valence-corrected chi connectivity index (χ1v) is 10.1. The van der Waals surface area contributed by atoms with Gasteiger partial charge in [0.15, 0.2) is 5.82 Å². The van der Waals surface area contributed by atoms with E-state index < -0.39 is 0 Å². The van der Waals surface area contributed by atoms with Gasteiger partial charge in [-0.25, -0.2) is 9.97 Å². The Labute approximate surface area is 162 Å². The molecular weight excluding hydrogens is 354 g/mol. The van der Waals surface area contributed by atoms with Gasteiger partial charge in [-0.3, -0.25) is 0 Å². The summed E-state index contributed by atoms with van der Waals surface area (Å²) in [5, 5.41) is 11.2. The number of para-hydroxylation sites is 1. The lowest BCUT2D eigenvalue weighted by Gasteiger charge is -2.05. The van der Waals surface area contributed by atoms with E-state index in [-0.39, 0.29) is 0 Å². The first-order valence-electron chi connectivity index (χ1n) is 9.26. The molecule has 0 radical (unpaired) electrons. The number of aromatic nitrogens is 3. The van der Waals surface area contributed by atoms with Crippen LogP contribution in [0.4, 0.5) is 5.82 Å². The van der Waals surface area contributed by atoms with Crippen molar-refractivity contribution in [3.05, 3.63) is 52.8 Å². The quantitative estimate of drug-likeness (QED) is 0.393. The van der Waals surface area contributed by atoms with Crippen molar-refractivity contribution in [2.75, 3.05) is 0 Å². The molecule has 0 spiro atoms. The summed E-state index contributed by atoms with van der Waals surface area (Å²) in [5.74, 6) is 1.52. The fraction of sp³-hybridized carbons (Fsp3) is 0.333. The van der Waals surface area contributed by atoms with Gasteiger partial charge in [0.25, 0.3) is 0 Å². The fourth-order valence-electron chi connectivity index (χ4n) is 3.28. The summed E-state index contributed by atoms with van der Waals surface area (Å²) in [4.78, 5) is 14.5. The van der Waals surface area contributed by atoms with E-state index in [4.69, 9.17) is 0 Å². The second-order valence-electron chi connectivity index (χ2n) is 7.34. The number of fused-ring (bicyclic) bond motifs is 2. The van der Waals surface area contributed by atoms with Crippen LogP contribution in [0.1, 0.15) is 55.7 Å². The Morgan fingerprint density at radius 2 is 1.85 bits per heavy atom. The summed E-state index contributed by atoms with van der Waals surface area (Å²) < 4.78 is 0. The lowest BCUT2D eigenvalue weighted by atomic mass is 10.0. The van der Waals surface area contributed by atoms with Gasteiger partial charge in [0.2, 0.25) is 0 Å². The molecule has 4 aromatic rings. The third-order valence-electron chi connectivity index (χ3n) is 4.71. The Morgan fingerprint density at radius 3 is 2.63 bits per heavy atom. The van der Waals surface area contributed by atoms with Gasteiger partial charge in [0.1, 0.15) is 11.2 Å². The van der Waals surface area contributed by atoms with Gasteiger partial charge in [-0.1, -0.05) is 45.9 Å². The van der Waals surface area contributed by atoms with Crippen LogP contribution >= 0.6 is 11.3 Å². The molecule has 1 N–H and O–H groups in total. The highest BCUT2D eigenvalue weighted by atomic mass is 32.1. The van der Waals surface area contributed by atoms with E-state index in [1.807, 2.05) is 0 Å². The number of hydrogen-bond donors (Lipinski definition) is 1. The topological polar surface area (TPSA) is 66.3 Å². The van der Waals surface area contributed by atoms with Crippen LogP contribution < -0.4 is 0 Å². The third kappa shape index (κ3) is 3.37. The highest BCUT2D eigenvalue weighted by Gasteiger charge is 2.14. The maximum atomic E-state index is 4.50. The maximum absolute atomic E-state index is 4.50. The molecule has 0 fully saturated rings. The van der Waals surface area contributed by atoms with E-state index in [1.54, 1.807) is 17.7 Å². The Kier molecular flexibility index (Phi) is 4.74. The summed E-state index contributed by atoms with van der Waals surface area (Å²) in [6, 6.07) is 10.5. The number of H-pyrrole nitrogens is 1. The summed E-state index contributed by atoms with van der Waals surface area (Å²) in [6.45, 7) is 9.29. The lowest BCUT2D eigenvalue weighted by molar-refractivity contribution is 0.807. The number of nitrogens with zero attached hydrogens (tertiary/aromatic N) is 4. The minimum absolute atomic E-state index is 0.402. The molecule has 3 aromatic heterocycles. The first-order chi connectivity index (χ1) is 13.0. The van der Waals surface area contributed by atoms with Crippen LogP contribution in [0.15, 0.2) is 46.9 Å². The number of benzene rings is 1. The summed E-state index contributed by atoms with van der Waals surface area (Å²) >= 11 is 1.70. The molecule has 27 heavy (non-hydrogen) atoms. The van der Waals surface area contributed by atoms with Crippen molar-refractivity contribution >= 4 is 38.3 Å². The largest absolute Gasteiger partial charge is 0.358 e. The zero-order valence-electron chi connectivity index (χ0n) is 16.0. The average Bonchev–Trinajstić information content (AvgIpc) is 3.24. The molecule has 0 aliphatic carbocycles. The van der Waals surface area contributed by atoms with Crippen LogP contribution in [0, 0.1) is 0 Å². The van der Waals surface area contributed by atoms with E-state index in [9.17, 15) is 0 Å². The number of thiophene rings is 1. The number of rotatable bonds is 5. The Morgan fingerprint density at radius 1 is 1.04 bits per heavy atom. The third-order valence-corrected chi connectivity index (χ3v) is 6.06. The van der Waals surface area contributed by atoms with Gasteiger partial charge < -0.3 is 4.98 Å². The molecule has 4 rings (SSSR count). The van der Waals surface area contributed by atoms with Gasteiger partial charge in [-0.2, -0.15) is 5.11 Å². The molecule has 138 valence electrons. The molecule has 0 saturated heterocycles. The average molecular weight is 378 g/mol. The predicted octanol–water partition coefficient (Wildman–Crippen LogP) is 6.70. The smallest absolute Gasteiger partial charge is 0.185 e. The van der Waals surface area contributed by atoms with Crippen LogP contribution in [-0.2, 0) is 6.54 Å². The molecule has 0 unspecified atom stereocenters. The molecule has 5 nitrogen and oxygen atoms in total. The molecule has 0 aliphatic heterocycles. The highest BCUT2D eigenvalue weighted by Crippen LogP contribution is 2.34. The van der Waals surface area contributed by atoms with Crippen molar-refractivity contribution in [3.63, 3.8) is 0 Å². The van der Waals surface area contributed by atoms with Crippen molar-refractivity contribution in [1.29, 1.82) is 0 Å². The summed E-state index contributed by atoms with van der Waals surface area (Å²) in [7, 11) is 0. The van der Waals surface area contributed by atoms with Crippen LogP contribution in [0.5, 0.6) is 0 Å². The minimum atomic E-state index is 0.402. The molecule has 0 amide bonds. The number of aromatic amines is 1. The zero-order valence-corrected chi connectivity index (χ0v) is 16.8. The Balaban J connectivity index is 1.68. The SMILES string of the molecule is CC(C)c1cc2c(N=NCc3c(C(C)C)[nH]c4ccccc34)ncnc2s1.